The summed E-state index contributed by atoms with van der Waals surface area (Å²) < 4.78 is 0. The average Bonchev–Trinajstić information content (AvgIpc) is 2.48. The Morgan fingerprint density at radius 1 is 0.708 bits per heavy atom. The van der Waals surface area contributed by atoms with E-state index < -0.39 is 0 Å². The normalized spacial score (nSPS) is 23.9. The van der Waals surface area contributed by atoms with Gasteiger partial charge < -0.3 is 0 Å². The second kappa shape index (κ2) is 12.4. The van der Waals surface area contributed by atoms with Gasteiger partial charge in [0.25, 0.3) is 0 Å². The van der Waals surface area contributed by atoms with E-state index in [1.54, 1.807) is 20.8 Å². The monoisotopic (exact) mass is 390 g/mol. The van der Waals surface area contributed by atoms with E-state index in [1.165, 1.54) is 54.5 Å². The van der Waals surface area contributed by atoms with Crippen LogP contribution in [0.4, 0.5) is 0 Å². The van der Waals surface area contributed by atoms with E-state index in [1.807, 2.05) is 0 Å². The largest absolute Gasteiger partial charge is 0.288 e. The molecule has 0 aliphatic heterocycles. The molecular weight excluding hydrogens is 360 g/mol. The Hall–Kier alpha value is 0.0600. The molecule has 0 aromatic rings. The molecule has 1 rings (SSSR count). The number of thioether (sulfide) groups is 3. The third-order valence-corrected chi connectivity index (χ3v) is 7.21. The molecule has 1 fully saturated rings. The minimum Gasteiger partial charge on any atom is -0.288 e. The van der Waals surface area contributed by atoms with Crippen molar-refractivity contribution in [2.75, 3.05) is 17.3 Å². The summed E-state index contributed by atoms with van der Waals surface area (Å²) in [5.74, 6) is 4.80. The first-order valence-electron chi connectivity index (χ1n) is 8.78. The molecular formula is C18H30O3S3. The predicted octanol–water partition coefficient (Wildman–Crippen LogP) is 5.03. The number of hydrogen-bond acceptors (Lipinski definition) is 6. The molecule has 0 N–H and O–H groups in total. The molecule has 3 nitrogen and oxygen atoms in total. The van der Waals surface area contributed by atoms with Gasteiger partial charge in [-0.1, -0.05) is 41.7 Å². The molecule has 3 atom stereocenters. The van der Waals surface area contributed by atoms with E-state index >= 15 is 0 Å². The third-order valence-electron chi connectivity index (χ3n) is 4.67. The molecule has 24 heavy (non-hydrogen) atoms. The van der Waals surface area contributed by atoms with E-state index in [-0.39, 0.29) is 15.3 Å². The third kappa shape index (κ3) is 10.1. The van der Waals surface area contributed by atoms with Crippen molar-refractivity contribution in [3.63, 3.8) is 0 Å². The zero-order chi connectivity index (χ0) is 17.9. The molecule has 1 aliphatic rings. The fourth-order valence-electron chi connectivity index (χ4n) is 3.50. The van der Waals surface area contributed by atoms with Crippen LogP contribution in [0.2, 0.25) is 0 Å². The van der Waals surface area contributed by atoms with Crippen LogP contribution in [0.1, 0.15) is 59.3 Å². The van der Waals surface area contributed by atoms with E-state index in [2.05, 4.69) is 0 Å². The number of rotatable bonds is 9. The maximum Gasteiger partial charge on any atom is 0.185 e. The number of carbonyl (C=O) groups is 3. The van der Waals surface area contributed by atoms with Gasteiger partial charge in [0.1, 0.15) is 0 Å². The summed E-state index contributed by atoms with van der Waals surface area (Å²) in [6.45, 7) is 4.90. The molecule has 0 aromatic heterocycles. The highest BCUT2D eigenvalue weighted by Gasteiger charge is 2.30. The van der Waals surface area contributed by atoms with Crippen LogP contribution >= 0.6 is 35.3 Å². The quantitative estimate of drug-likeness (QED) is 0.550. The van der Waals surface area contributed by atoms with Gasteiger partial charge in [0.2, 0.25) is 0 Å². The van der Waals surface area contributed by atoms with Crippen LogP contribution < -0.4 is 0 Å². The lowest BCUT2D eigenvalue weighted by atomic mass is 9.71. The average molecular weight is 391 g/mol. The standard InChI is InChI=1S/C18H30O3S3/c1-13(19)22-9-6-16-4-5-17(7-10-23-14(2)20)18(12-16)8-11-24-15(3)21/h16-18H,4-12H2,1-3H3. The lowest BCUT2D eigenvalue weighted by Crippen LogP contribution is -2.26. The van der Waals surface area contributed by atoms with Gasteiger partial charge in [-0.05, 0) is 49.9 Å². The SMILES string of the molecule is CC(=O)SCCC1CCC(CCSC(C)=O)C(CCSC(C)=O)C1. The predicted molar refractivity (Wildman–Crippen MR) is 108 cm³/mol. The maximum atomic E-state index is 11.2. The van der Waals surface area contributed by atoms with Crippen molar-refractivity contribution in [1.82, 2.24) is 0 Å². The van der Waals surface area contributed by atoms with Crippen molar-refractivity contribution >= 4 is 50.6 Å². The Morgan fingerprint density at radius 2 is 1.17 bits per heavy atom. The van der Waals surface area contributed by atoms with Crippen molar-refractivity contribution in [2.24, 2.45) is 17.8 Å². The summed E-state index contributed by atoms with van der Waals surface area (Å²) in [5.41, 5.74) is 0. The molecule has 0 bridgehead atoms. The Bertz CT molecular complexity index is 426. The van der Waals surface area contributed by atoms with Gasteiger partial charge in [0.05, 0.1) is 0 Å². The number of hydrogen-bond donors (Lipinski definition) is 0. The highest BCUT2D eigenvalue weighted by atomic mass is 32.2. The van der Waals surface area contributed by atoms with Crippen LogP contribution in [0.25, 0.3) is 0 Å². The van der Waals surface area contributed by atoms with Crippen molar-refractivity contribution in [2.45, 2.75) is 59.3 Å². The van der Waals surface area contributed by atoms with Crippen molar-refractivity contribution in [3.8, 4) is 0 Å². The second-order valence-corrected chi connectivity index (χ2v) is 10.4. The van der Waals surface area contributed by atoms with E-state index in [0.29, 0.717) is 17.8 Å². The van der Waals surface area contributed by atoms with Crippen molar-refractivity contribution < 1.29 is 14.4 Å². The Kier molecular flexibility index (Phi) is 11.4. The first kappa shape index (κ1) is 22.1. The van der Waals surface area contributed by atoms with Crippen LogP contribution in [0.5, 0.6) is 0 Å². The van der Waals surface area contributed by atoms with Gasteiger partial charge in [-0.2, -0.15) is 0 Å². The summed E-state index contributed by atoms with van der Waals surface area (Å²) in [5, 5.41) is 0.608. The smallest absolute Gasteiger partial charge is 0.185 e. The summed E-state index contributed by atoms with van der Waals surface area (Å²) in [6.07, 6.45) is 7.00. The number of carbonyl (C=O) groups excluding carboxylic acids is 3. The first-order valence-corrected chi connectivity index (χ1v) is 11.7. The van der Waals surface area contributed by atoms with Crippen LogP contribution in [0, 0.1) is 17.8 Å². The van der Waals surface area contributed by atoms with E-state index in [0.717, 1.165) is 36.5 Å². The second-order valence-electron chi connectivity index (χ2n) is 6.59. The summed E-state index contributed by atoms with van der Waals surface area (Å²) in [4.78, 5) is 33.4. The van der Waals surface area contributed by atoms with Gasteiger partial charge in [0, 0.05) is 38.0 Å². The molecule has 6 heteroatoms. The summed E-state index contributed by atoms with van der Waals surface area (Å²) >= 11 is 4.30. The molecule has 138 valence electrons. The molecule has 1 aliphatic carbocycles. The molecule has 3 unspecified atom stereocenters. The molecule has 0 aromatic carbocycles. The van der Waals surface area contributed by atoms with Crippen molar-refractivity contribution in [3.05, 3.63) is 0 Å². The molecule has 0 amide bonds. The first-order chi connectivity index (χ1) is 11.4. The molecule has 0 spiro atoms. The van der Waals surface area contributed by atoms with Gasteiger partial charge in [-0.3, -0.25) is 14.4 Å². The van der Waals surface area contributed by atoms with Crippen LogP contribution in [0.15, 0.2) is 0 Å². The molecule has 0 heterocycles. The summed E-state index contributed by atoms with van der Waals surface area (Å²) in [7, 11) is 0. The van der Waals surface area contributed by atoms with Gasteiger partial charge >= 0.3 is 0 Å². The van der Waals surface area contributed by atoms with Crippen molar-refractivity contribution in [1.29, 1.82) is 0 Å². The zero-order valence-corrected chi connectivity index (χ0v) is 17.5. The molecule has 1 saturated carbocycles. The highest BCUT2D eigenvalue weighted by molar-refractivity contribution is 8.14. The van der Waals surface area contributed by atoms with E-state index in [9.17, 15) is 14.4 Å². The topological polar surface area (TPSA) is 51.2 Å². The zero-order valence-electron chi connectivity index (χ0n) is 15.0. The van der Waals surface area contributed by atoms with Gasteiger partial charge in [-0.15, -0.1) is 0 Å². The van der Waals surface area contributed by atoms with Gasteiger partial charge in [-0.25, -0.2) is 0 Å². The minimum absolute atomic E-state index is 0.198. The Balaban J connectivity index is 2.46. The fraction of sp³-hybridized carbons (Fsp3) is 0.833. The van der Waals surface area contributed by atoms with Gasteiger partial charge in [0.15, 0.2) is 15.3 Å². The van der Waals surface area contributed by atoms with E-state index in [4.69, 9.17) is 0 Å². The maximum absolute atomic E-state index is 11.2. The fourth-order valence-corrected chi connectivity index (χ4v) is 5.65. The lowest BCUT2D eigenvalue weighted by molar-refractivity contribution is -0.109. The summed E-state index contributed by atoms with van der Waals surface area (Å²) in [6, 6.07) is 0. The van der Waals surface area contributed by atoms with Crippen LogP contribution in [-0.2, 0) is 14.4 Å². The minimum atomic E-state index is 0.198. The lowest BCUT2D eigenvalue weighted by Gasteiger charge is -2.36. The van der Waals surface area contributed by atoms with Crippen LogP contribution in [0.3, 0.4) is 0 Å². The highest BCUT2D eigenvalue weighted by Crippen LogP contribution is 2.40. The molecule has 0 radical (unpaired) electrons. The Labute approximate surface area is 159 Å². The molecule has 0 saturated heterocycles. The Morgan fingerprint density at radius 3 is 1.67 bits per heavy atom. The van der Waals surface area contributed by atoms with Crippen LogP contribution in [-0.4, -0.2) is 32.6 Å².